The summed E-state index contributed by atoms with van der Waals surface area (Å²) in [5, 5.41) is 3.37. The Bertz CT molecular complexity index is 636. The van der Waals surface area contributed by atoms with Crippen LogP contribution in [0.5, 0.6) is 0 Å². The molecule has 2 amide bonds. The van der Waals surface area contributed by atoms with Crippen LogP contribution in [0.2, 0.25) is 0 Å². The Balaban J connectivity index is 1.95. The van der Waals surface area contributed by atoms with E-state index in [4.69, 9.17) is 10.5 Å². The third-order valence-corrected chi connectivity index (χ3v) is 5.43. The van der Waals surface area contributed by atoms with Gasteiger partial charge in [0.15, 0.2) is 0 Å². The molecule has 1 aromatic rings. The maximum absolute atomic E-state index is 12.3. The number of carbonyl (C=O) groups is 3. The minimum Gasteiger partial charge on any atom is -0.462 e. The first-order chi connectivity index (χ1) is 11.9. The summed E-state index contributed by atoms with van der Waals surface area (Å²) < 4.78 is 5.05. The number of esters is 1. The second-order valence-electron chi connectivity index (χ2n) is 6.03. The number of thiophene rings is 1. The second-order valence-corrected chi connectivity index (χ2v) is 7.17. The average molecular weight is 367 g/mol. The number of primary amides is 1. The molecule has 0 aromatic carbocycles. The van der Waals surface area contributed by atoms with Gasteiger partial charge in [0, 0.05) is 10.8 Å². The maximum atomic E-state index is 12.3. The lowest BCUT2D eigenvalue weighted by Gasteiger charge is -2.29. The number of hydrogen-bond acceptors (Lipinski definition) is 6. The molecule has 1 aliphatic heterocycles. The van der Waals surface area contributed by atoms with E-state index in [1.54, 1.807) is 13.0 Å². The first kappa shape index (κ1) is 19.4. The van der Waals surface area contributed by atoms with Crippen LogP contribution in [0.4, 0.5) is 5.00 Å². The van der Waals surface area contributed by atoms with Crippen molar-refractivity contribution in [2.24, 2.45) is 11.7 Å². The lowest BCUT2D eigenvalue weighted by atomic mass is 9.96. The summed E-state index contributed by atoms with van der Waals surface area (Å²) in [6.07, 6.45) is 2.14. The van der Waals surface area contributed by atoms with Crippen LogP contribution in [0.25, 0.3) is 0 Å². The van der Waals surface area contributed by atoms with Crippen LogP contribution in [0.15, 0.2) is 6.07 Å². The molecule has 2 rings (SSSR count). The number of likely N-dealkylation sites (tertiary alicyclic amines) is 1. The number of piperidine rings is 1. The van der Waals surface area contributed by atoms with Crippen molar-refractivity contribution < 1.29 is 19.1 Å². The molecule has 1 fully saturated rings. The van der Waals surface area contributed by atoms with E-state index in [-0.39, 0.29) is 24.3 Å². The summed E-state index contributed by atoms with van der Waals surface area (Å²) in [6, 6.07) is 1.77. The van der Waals surface area contributed by atoms with Crippen molar-refractivity contribution >= 4 is 34.1 Å². The summed E-state index contributed by atoms with van der Waals surface area (Å²) >= 11 is 1.40. The van der Waals surface area contributed by atoms with Crippen molar-refractivity contribution in [1.82, 2.24) is 4.90 Å². The largest absolute Gasteiger partial charge is 0.462 e. The van der Waals surface area contributed by atoms with Crippen LogP contribution in [0.1, 0.15) is 41.9 Å². The van der Waals surface area contributed by atoms with Gasteiger partial charge in [-0.1, -0.05) is 6.92 Å². The van der Waals surface area contributed by atoms with Gasteiger partial charge in [-0.05, 0) is 45.3 Å². The number of amides is 2. The zero-order valence-corrected chi connectivity index (χ0v) is 15.5. The smallest absolute Gasteiger partial charge is 0.341 e. The fraction of sp³-hybridized carbons (Fsp3) is 0.588. The first-order valence-corrected chi connectivity index (χ1v) is 9.37. The average Bonchev–Trinajstić information content (AvgIpc) is 2.98. The Kier molecular flexibility index (Phi) is 6.95. The lowest BCUT2D eigenvalue weighted by molar-refractivity contribution is -0.123. The van der Waals surface area contributed by atoms with Crippen LogP contribution in [0.3, 0.4) is 0 Å². The van der Waals surface area contributed by atoms with Gasteiger partial charge in [0.2, 0.25) is 11.8 Å². The molecule has 1 saturated heterocycles. The Morgan fingerprint density at radius 1 is 1.32 bits per heavy atom. The van der Waals surface area contributed by atoms with Gasteiger partial charge < -0.3 is 15.8 Å². The maximum Gasteiger partial charge on any atom is 0.341 e. The number of hydrogen-bond donors (Lipinski definition) is 2. The molecule has 0 radical (unpaired) electrons. The van der Waals surface area contributed by atoms with E-state index < -0.39 is 5.97 Å². The summed E-state index contributed by atoms with van der Waals surface area (Å²) in [5.41, 5.74) is 5.73. The van der Waals surface area contributed by atoms with E-state index in [1.807, 2.05) is 11.8 Å². The molecule has 0 saturated carbocycles. The summed E-state index contributed by atoms with van der Waals surface area (Å²) in [4.78, 5) is 38.6. The summed E-state index contributed by atoms with van der Waals surface area (Å²) in [5.74, 6) is -0.961. The van der Waals surface area contributed by atoms with Gasteiger partial charge >= 0.3 is 5.97 Å². The number of carbonyl (C=O) groups excluding carboxylic acids is 3. The first-order valence-electron chi connectivity index (χ1n) is 8.55. The predicted molar refractivity (Wildman–Crippen MR) is 96.6 cm³/mol. The molecule has 1 aliphatic rings. The lowest BCUT2D eigenvalue weighted by Crippen LogP contribution is -2.42. The number of aryl methyl sites for hydroxylation is 1. The fourth-order valence-corrected chi connectivity index (χ4v) is 3.81. The molecule has 3 N–H and O–H groups in total. The van der Waals surface area contributed by atoms with Gasteiger partial charge in [0.05, 0.1) is 18.7 Å². The van der Waals surface area contributed by atoms with Crippen molar-refractivity contribution in [3.8, 4) is 0 Å². The number of ether oxygens (including phenoxy) is 1. The van der Waals surface area contributed by atoms with Gasteiger partial charge in [-0.2, -0.15) is 0 Å². The van der Waals surface area contributed by atoms with Crippen LogP contribution < -0.4 is 11.1 Å². The van der Waals surface area contributed by atoms with E-state index >= 15 is 0 Å². The van der Waals surface area contributed by atoms with Crippen molar-refractivity contribution in [2.45, 2.75) is 33.1 Å². The molecule has 0 aliphatic carbocycles. The van der Waals surface area contributed by atoms with Gasteiger partial charge in [0.1, 0.15) is 5.00 Å². The molecule has 7 nitrogen and oxygen atoms in total. The molecule has 0 unspecified atom stereocenters. The monoisotopic (exact) mass is 367 g/mol. The fourth-order valence-electron chi connectivity index (χ4n) is 2.81. The highest BCUT2D eigenvalue weighted by Crippen LogP contribution is 2.29. The quantitative estimate of drug-likeness (QED) is 0.713. The molecular formula is C17H25N3O4S. The van der Waals surface area contributed by atoms with Crippen LogP contribution in [0, 0.1) is 5.92 Å². The topological polar surface area (TPSA) is 102 Å². The second kappa shape index (κ2) is 8.96. The van der Waals surface area contributed by atoms with E-state index in [9.17, 15) is 14.4 Å². The van der Waals surface area contributed by atoms with Gasteiger partial charge in [-0.3, -0.25) is 14.5 Å². The number of nitrogens with one attached hydrogen (secondary N) is 1. The molecule has 1 aromatic heterocycles. The molecule has 0 spiro atoms. The van der Waals surface area contributed by atoms with E-state index in [1.165, 1.54) is 11.3 Å². The minimum absolute atomic E-state index is 0.0980. The Labute approximate surface area is 151 Å². The van der Waals surface area contributed by atoms with Crippen molar-refractivity contribution in [1.29, 1.82) is 0 Å². The van der Waals surface area contributed by atoms with Gasteiger partial charge in [-0.25, -0.2) is 4.79 Å². The third-order valence-electron chi connectivity index (χ3n) is 4.24. The minimum atomic E-state index is -0.420. The third kappa shape index (κ3) is 5.27. The molecule has 0 atom stereocenters. The Morgan fingerprint density at radius 2 is 2.00 bits per heavy atom. The van der Waals surface area contributed by atoms with Crippen molar-refractivity contribution in [3.05, 3.63) is 16.5 Å². The number of anilines is 1. The van der Waals surface area contributed by atoms with Crippen molar-refractivity contribution in [2.75, 3.05) is 31.6 Å². The summed E-state index contributed by atoms with van der Waals surface area (Å²) in [7, 11) is 0. The highest BCUT2D eigenvalue weighted by Gasteiger charge is 2.25. The zero-order valence-electron chi connectivity index (χ0n) is 14.7. The number of rotatable bonds is 7. The van der Waals surface area contributed by atoms with Crippen molar-refractivity contribution in [3.63, 3.8) is 0 Å². The Morgan fingerprint density at radius 3 is 2.56 bits per heavy atom. The highest BCUT2D eigenvalue weighted by atomic mass is 32.1. The Hall–Kier alpha value is -1.93. The molecule has 25 heavy (non-hydrogen) atoms. The van der Waals surface area contributed by atoms with Crippen LogP contribution in [-0.2, 0) is 20.7 Å². The molecule has 138 valence electrons. The van der Waals surface area contributed by atoms with Gasteiger partial charge in [-0.15, -0.1) is 11.3 Å². The SMILES string of the molecule is CCOC(=O)c1cc(CC)sc1NC(=O)CN1CCC(C(N)=O)CC1. The molecular weight excluding hydrogens is 342 g/mol. The van der Waals surface area contributed by atoms with E-state index in [0.29, 0.717) is 43.1 Å². The van der Waals surface area contributed by atoms with Crippen LogP contribution in [-0.4, -0.2) is 48.9 Å². The van der Waals surface area contributed by atoms with E-state index in [2.05, 4.69) is 5.32 Å². The van der Waals surface area contributed by atoms with Crippen LogP contribution >= 0.6 is 11.3 Å². The van der Waals surface area contributed by atoms with E-state index in [0.717, 1.165) is 11.3 Å². The number of nitrogens with two attached hydrogens (primary N) is 1. The molecule has 2 heterocycles. The zero-order chi connectivity index (χ0) is 18.4. The van der Waals surface area contributed by atoms with Gasteiger partial charge in [0.25, 0.3) is 0 Å². The normalized spacial score (nSPS) is 15.8. The standard InChI is InChI=1S/C17H25N3O4S/c1-3-12-9-13(17(23)24-4-2)16(25-12)19-14(21)10-20-7-5-11(6-8-20)15(18)22/h9,11H,3-8,10H2,1-2H3,(H2,18,22)(H,19,21). The number of nitrogens with zero attached hydrogens (tertiary/aromatic N) is 1. The summed E-state index contributed by atoms with van der Waals surface area (Å²) in [6.45, 7) is 5.59. The predicted octanol–water partition coefficient (Wildman–Crippen LogP) is 1.62. The highest BCUT2D eigenvalue weighted by molar-refractivity contribution is 7.16. The molecule has 0 bridgehead atoms. The molecule has 8 heteroatoms.